The van der Waals surface area contributed by atoms with Gasteiger partial charge in [0.1, 0.15) is 5.38 Å². The lowest BCUT2D eigenvalue weighted by Crippen LogP contribution is -2.54. The number of amides is 2. The minimum absolute atomic E-state index is 0.0144. The van der Waals surface area contributed by atoms with E-state index in [0.717, 1.165) is 30.7 Å². The van der Waals surface area contributed by atoms with Crippen LogP contribution in [0.1, 0.15) is 37.6 Å². The Balaban J connectivity index is 1.65. The summed E-state index contributed by atoms with van der Waals surface area (Å²) in [6.07, 6.45) is 1.64. The molecule has 0 bridgehead atoms. The van der Waals surface area contributed by atoms with Crippen LogP contribution in [0.25, 0.3) is 0 Å². The van der Waals surface area contributed by atoms with Gasteiger partial charge in [0.25, 0.3) is 0 Å². The van der Waals surface area contributed by atoms with Gasteiger partial charge in [-0.05, 0) is 18.4 Å². The van der Waals surface area contributed by atoms with Crippen molar-refractivity contribution in [2.75, 3.05) is 25.4 Å². The molecule has 1 aromatic carbocycles. The fourth-order valence-electron chi connectivity index (χ4n) is 3.65. The van der Waals surface area contributed by atoms with E-state index in [1.54, 1.807) is 0 Å². The van der Waals surface area contributed by atoms with Gasteiger partial charge in [0.2, 0.25) is 11.8 Å². The third-order valence-corrected chi connectivity index (χ3v) is 7.09. The third-order valence-electron chi connectivity index (χ3n) is 5.10. The number of nitrogens with zero attached hydrogens (tertiary/aromatic N) is 2. The molecule has 1 aromatic rings. The topological polar surface area (TPSA) is 40.6 Å². The molecule has 2 amide bonds. The number of alkyl halides is 1. The van der Waals surface area contributed by atoms with Gasteiger partial charge in [-0.1, -0.05) is 44.2 Å². The summed E-state index contributed by atoms with van der Waals surface area (Å²) in [5.74, 6) is 1.19. The summed E-state index contributed by atoms with van der Waals surface area (Å²) >= 11 is 8.27. The summed E-state index contributed by atoms with van der Waals surface area (Å²) in [6, 6.07) is 9.48. The van der Waals surface area contributed by atoms with Crippen molar-refractivity contribution in [1.82, 2.24) is 9.80 Å². The summed E-state index contributed by atoms with van der Waals surface area (Å²) < 4.78 is 0. The maximum Gasteiger partial charge on any atom is 0.245 e. The molecule has 1 atom stereocenters. The van der Waals surface area contributed by atoms with Gasteiger partial charge in [-0.15, -0.1) is 23.4 Å². The highest BCUT2D eigenvalue weighted by Crippen LogP contribution is 2.44. The highest BCUT2D eigenvalue weighted by atomic mass is 35.5. The lowest BCUT2D eigenvalue weighted by Gasteiger charge is -2.45. The van der Waals surface area contributed by atoms with Crippen molar-refractivity contribution in [3.05, 3.63) is 35.9 Å². The molecule has 0 aromatic heterocycles. The largest absolute Gasteiger partial charge is 0.341 e. The van der Waals surface area contributed by atoms with Crippen molar-refractivity contribution in [2.45, 2.75) is 36.9 Å². The van der Waals surface area contributed by atoms with Gasteiger partial charge in [0, 0.05) is 31.3 Å². The lowest BCUT2D eigenvalue weighted by atomic mass is 9.99. The number of rotatable bonds is 3. The standard InChI is InChI=1S/C19H25ClN2O2S/c1-14(2)17(23)22-12-13-25-19(22)8-10-21(11-9-19)18(24)16(20)15-6-4-3-5-7-15/h3-7,14,16H,8-13H2,1-2H3. The average Bonchev–Trinajstić information content (AvgIpc) is 3.04. The van der Waals surface area contributed by atoms with Crippen LogP contribution < -0.4 is 0 Å². The normalized spacial score (nSPS) is 21.0. The van der Waals surface area contributed by atoms with Crippen molar-refractivity contribution in [3.63, 3.8) is 0 Å². The molecule has 136 valence electrons. The highest BCUT2D eigenvalue weighted by Gasteiger charge is 2.47. The van der Waals surface area contributed by atoms with Gasteiger partial charge in [-0.2, -0.15) is 0 Å². The van der Waals surface area contributed by atoms with Gasteiger partial charge in [0.15, 0.2) is 0 Å². The molecule has 0 radical (unpaired) electrons. The van der Waals surface area contributed by atoms with Crippen LogP contribution in [0, 0.1) is 5.92 Å². The molecule has 0 saturated carbocycles. The molecule has 0 N–H and O–H groups in total. The second kappa shape index (κ2) is 7.58. The van der Waals surface area contributed by atoms with Gasteiger partial charge in [-0.25, -0.2) is 0 Å². The van der Waals surface area contributed by atoms with Gasteiger partial charge < -0.3 is 9.80 Å². The molecule has 1 unspecified atom stereocenters. The summed E-state index contributed by atoms with van der Waals surface area (Å²) in [5, 5.41) is -0.639. The minimum atomic E-state index is -0.639. The predicted molar refractivity (Wildman–Crippen MR) is 103 cm³/mol. The molecular formula is C19H25ClN2O2S. The van der Waals surface area contributed by atoms with Gasteiger partial charge in [0.05, 0.1) is 4.87 Å². The molecule has 0 aliphatic carbocycles. The van der Waals surface area contributed by atoms with E-state index < -0.39 is 5.38 Å². The van der Waals surface area contributed by atoms with Crippen molar-refractivity contribution in [2.24, 2.45) is 5.92 Å². The van der Waals surface area contributed by atoms with Crippen molar-refractivity contribution < 1.29 is 9.59 Å². The first-order chi connectivity index (χ1) is 11.9. The maximum atomic E-state index is 12.7. The predicted octanol–water partition coefficient (Wildman–Crippen LogP) is 3.52. The smallest absolute Gasteiger partial charge is 0.245 e. The van der Waals surface area contributed by atoms with Crippen LogP contribution in [0.15, 0.2) is 30.3 Å². The van der Waals surface area contributed by atoms with E-state index in [-0.39, 0.29) is 22.6 Å². The number of hydrogen-bond donors (Lipinski definition) is 0. The second-order valence-corrected chi connectivity index (χ2v) is 8.93. The van der Waals surface area contributed by atoms with Crippen molar-refractivity contribution in [1.29, 1.82) is 0 Å². The Bertz CT molecular complexity index is 630. The molecule has 2 aliphatic rings. The van der Waals surface area contributed by atoms with Crippen LogP contribution in [-0.4, -0.2) is 51.9 Å². The molecule has 6 heteroatoms. The van der Waals surface area contributed by atoms with Gasteiger partial charge >= 0.3 is 0 Å². The van der Waals surface area contributed by atoms with Crippen LogP contribution in [0.3, 0.4) is 0 Å². The first kappa shape index (κ1) is 18.6. The maximum absolute atomic E-state index is 12.7. The number of carbonyl (C=O) groups excluding carboxylic acids is 2. The first-order valence-corrected chi connectivity index (χ1v) is 10.3. The fraction of sp³-hybridized carbons (Fsp3) is 0.579. The molecule has 25 heavy (non-hydrogen) atoms. The monoisotopic (exact) mass is 380 g/mol. The fourth-order valence-corrected chi connectivity index (χ4v) is 5.39. The van der Waals surface area contributed by atoms with Crippen LogP contribution in [-0.2, 0) is 9.59 Å². The number of halogens is 1. The summed E-state index contributed by atoms with van der Waals surface area (Å²) in [6.45, 7) is 6.04. The second-order valence-electron chi connectivity index (χ2n) is 7.04. The summed E-state index contributed by atoms with van der Waals surface area (Å²) in [5.41, 5.74) is 0.835. The Morgan fingerprint density at radius 1 is 1.08 bits per heavy atom. The highest BCUT2D eigenvalue weighted by molar-refractivity contribution is 8.00. The average molecular weight is 381 g/mol. The Kier molecular flexibility index (Phi) is 5.64. The molecule has 2 heterocycles. The number of benzene rings is 1. The van der Waals surface area contributed by atoms with E-state index in [4.69, 9.17) is 11.6 Å². The molecule has 4 nitrogen and oxygen atoms in total. The first-order valence-electron chi connectivity index (χ1n) is 8.88. The zero-order chi connectivity index (χ0) is 18.0. The van der Waals surface area contributed by atoms with Crippen LogP contribution in [0.4, 0.5) is 0 Å². The molecule has 2 saturated heterocycles. The van der Waals surface area contributed by atoms with E-state index in [0.29, 0.717) is 13.1 Å². The molecular weight excluding hydrogens is 356 g/mol. The Hall–Kier alpha value is -1.20. The number of piperidine rings is 1. The number of carbonyl (C=O) groups is 2. The number of likely N-dealkylation sites (tertiary alicyclic amines) is 1. The molecule has 1 spiro atoms. The van der Waals surface area contributed by atoms with E-state index >= 15 is 0 Å². The molecule has 3 rings (SSSR count). The zero-order valence-electron chi connectivity index (χ0n) is 14.8. The molecule has 2 aliphatic heterocycles. The third kappa shape index (κ3) is 3.68. The molecule has 2 fully saturated rings. The van der Waals surface area contributed by atoms with Crippen LogP contribution >= 0.6 is 23.4 Å². The SMILES string of the molecule is CC(C)C(=O)N1CCSC12CCN(C(=O)C(Cl)c1ccccc1)CC2. The van der Waals surface area contributed by atoms with Crippen molar-refractivity contribution >= 4 is 35.2 Å². The van der Waals surface area contributed by atoms with Crippen LogP contribution in [0.5, 0.6) is 0 Å². The van der Waals surface area contributed by atoms with E-state index in [2.05, 4.69) is 4.90 Å². The van der Waals surface area contributed by atoms with Crippen LogP contribution in [0.2, 0.25) is 0 Å². The summed E-state index contributed by atoms with van der Waals surface area (Å²) in [7, 11) is 0. The quantitative estimate of drug-likeness (QED) is 0.753. The Labute approximate surface area is 158 Å². The van der Waals surface area contributed by atoms with Crippen molar-refractivity contribution in [3.8, 4) is 0 Å². The van der Waals surface area contributed by atoms with E-state index in [9.17, 15) is 9.59 Å². The zero-order valence-corrected chi connectivity index (χ0v) is 16.4. The minimum Gasteiger partial charge on any atom is -0.341 e. The van der Waals surface area contributed by atoms with E-state index in [1.165, 1.54) is 0 Å². The van der Waals surface area contributed by atoms with Gasteiger partial charge in [-0.3, -0.25) is 9.59 Å². The Morgan fingerprint density at radius 2 is 1.72 bits per heavy atom. The number of thioether (sulfide) groups is 1. The summed E-state index contributed by atoms with van der Waals surface area (Å²) in [4.78, 5) is 29.0. The number of hydrogen-bond acceptors (Lipinski definition) is 3. The van der Waals surface area contributed by atoms with E-state index in [1.807, 2.05) is 60.8 Å². The lowest BCUT2D eigenvalue weighted by molar-refractivity contribution is -0.139. The Morgan fingerprint density at radius 3 is 2.32 bits per heavy atom.